The van der Waals surface area contributed by atoms with Crippen LogP contribution in [-0.4, -0.2) is 83.7 Å². The molecule has 0 aliphatic carbocycles. The summed E-state index contributed by atoms with van der Waals surface area (Å²) in [6.07, 6.45) is 1.68. The van der Waals surface area contributed by atoms with Gasteiger partial charge in [0.1, 0.15) is 23.9 Å². The number of thiophene rings is 1. The van der Waals surface area contributed by atoms with E-state index in [1.807, 2.05) is 6.07 Å². The number of aromatic nitrogens is 3. The van der Waals surface area contributed by atoms with Crippen molar-refractivity contribution in [3.8, 4) is 11.3 Å². The highest BCUT2D eigenvalue weighted by Gasteiger charge is 2.24. The number of pyridine rings is 1. The molecule has 230 valence electrons. The van der Waals surface area contributed by atoms with Crippen LogP contribution < -0.4 is 15.8 Å². The smallest absolute Gasteiger partial charge is 0.283 e. The highest BCUT2D eigenvalue weighted by molar-refractivity contribution is 7.16. The van der Waals surface area contributed by atoms with Gasteiger partial charge in [0.15, 0.2) is 0 Å². The van der Waals surface area contributed by atoms with Crippen LogP contribution in [0.25, 0.3) is 11.3 Å². The maximum absolute atomic E-state index is 14.7. The summed E-state index contributed by atoms with van der Waals surface area (Å²) in [5, 5.41) is 7.71. The normalized spacial score (nSPS) is 15.4. The molecule has 0 radical (unpaired) electrons. The van der Waals surface area contributed by atoms with E-state index in [1.54, 1.807) is 35.4 Å². The number of morpholine rings is 2. The molecule has 0 bridgehead atoms. The van der Waals surface area contributed by atoms with Gasteiger partial charge in [-0.15, -0.1) is 11.3 Å². The Balaban J connectivity index is 1.41. The monoisotopic (exact) mass is 640 g/mol. The number of ether oxygens (including phenoxy) is 2. The molecule has 2 aliphatic heterocycles. The predicted octanol–water partition coefficient (Wildman–Crippen LogP) is 3.56. The van der Waals surface area contributed by atoms with Gasteiger partial charge in [-0.3, -0.25) is 14.4 Å². The summed E-state index contributed by atoms with van der Waals surface area (Å²) >= 11 is 7.48. The number of carbonyl (C=O) groups excluding carboxylic acids is 2. The summed E-state index contributed by atoms with van der Waals surface area (Å²) < 4.78 is 28.6. The van der Waals surface area contributed by atoms with Crippen LogP contribution in [0.3, 0.4) is 0 Å². The van der Waals surface area contributed by atoms with Crippen molar-refractivity contribution in [2.45, 2.75) is 13.1 Å². The van der Waals surface area contributed by atoms with Crippen molar-refractivity contribution in [2.24, 2.45) is 0 Å². The van der Waals surface area contributed by atoms with Crippen LogP contribution in [0.4, 0.5) is 15.9 Å². The number of carbonyl (C=O) groups is 2. The predicted molar refractivity (Wildman–Crippen MR) is 165 cm³/mol. The highest BCUT2D eigenvalue weighted by Crippen LogP contribution is 2.27. The number of hydrogen-bond donors (Lipinski definition) is 1. The molecule has 11 nitrogen and oxygen atoms in total. The Morgan fingerprint density at radius 2 is 1.73 bits per heavy atom. The Kier molecular flexibility index (Phi) is 9.07. The van der Waals surface area contributed by atoms with Crippen molar-refractivity contribution in [2.75, 3.05) is 62.8 Å². The minimum Gasteiger partial charge on any atom is -0.378 e. The fourth-order valence-corrected chi connectivity index (χ4v) is 6.17. The number of halogens is 2. The Bertz CT molecular complexity index is 1730. The number of hydrogen-bond acceptors (Lipinski definition) is 9. The highest BCUT2D eigenvalue weighted by atomic mass is 35.5. The quantitative estimate of drug-likeness (QED) is 0.311. The second kappa shape index (κ2) is 13.3. The number of nitrogens with one attached hydrogen (secondary N) is 1. The second-order valence-corrected chi connectivity index (χ2v) is 12.1. The lowest BCUT2D eigenvalue weighted by atomic mass is 10.1. The van der Waals surface area contributed by atoms with Gasteiger partial charge >= 0.3 is 0 Å². The lowest BCUT2D eigenvalue weighted by molar-refractivity contribution is -0.135. The maximum Gasteiger partial charge on any atom is 0.283 e. The van der Waals surface area contributed by atoms with E-state index in [0.717, 1.165) is 15.2 Å². The van der Waals surface area contributed by atoms with E-state index in [-0.39, 0.29) is 35.1 Å². The van der Waals surface area contributed by atoms with Gasteiger partial charge in [-0.1, -0.05) is 23.7 Å². The van der Waals surface area contributed by atoms with Gasteiger partial charge in [-0.05, 0) is 30.3 Å². The van der Waals surface area contributed by atoms with Gasteiger partial charge in [0.25, 0.3) is 11.5 Å². The van der Waals surface area contributed by atoms with Gasteiger partial charge in [0.05, 0.1) is 54.1 Å². The summed E-state index contributed by atoms with van der Waals surface area (Å²) in [7, 11) is 0. The molecule has 1 N–H and O–H groups in total. The molecular formula is C30H30ClFN6O5S. The van der Waals surface area contributed by atoms with Crippen LogP contribution in [0.1, 0.15) is 15.2 Å². The third kappa shape index (κ3) is 6.55. The zero-order chi connectivity index (χ0) is 30.6. The van der Waals surface area contributed by atoms with Crippen LogP contribution >= 0.6 is 22.9 Å². The molecule has 1 aromatic carbocycles. The van der Waals surface area contributed by atoms with E-state index in [1.165, 1.54) is 34.1 Å². The third-order valence-electron chi connectivity index (χ3n) is 7.47. The lowest BCUT2D eigenvalue weighted by Crippen LogP contribution is -2.43. The van der Waals surface area contributed by atoms with Crippen molar-refractivity contribution in [1.29, 1.82) is 0 Å². The Hall–Kier alpha value is -4.04. The number of nitrogens with zero attached hydrogens (tertiary/aromatic N) is 5. The number of rotatable bonds is 8. The molecule has 1 amide bonds. The first-order valence-corrected chi connectivity index (χ1v) is 15.4. The first-order chi connectivity index (χ1) is 21.4. The molecule has 14 heteroatoms. The van der Waals surface area contributed by atoms with E-state index < -0.39 is 17.3 Å². The Morgan fingerprint density at radius 1 is 1.00 bits per heavy atom. The van der Waals surface area contributed by atoms with Crippen molar-refractivity contribution in [3.63, 3.8) is 0 Å². The fourth-order valence-electron chi connectivity index (χ4n) is 5.14. The average molecular weight is 641 g/mol. The molecule has 2 fully saturated rings. The summed E-state index contributed by atoms with van der Waals surface area (Å²) in [6, 6.07) is 12.6. The van der Waals surface area contributed by atoms with Crippen molar-refractivity contribution in [1.82, 2.24) is 19.2 Å². The minimum atomic E-state index is -0.701. The molecule has 3 aromatic heterocycles. The largest absolute Gasteiger partial charge is 0.378 e. The molecular weight excluding hydrogens is 611 g/mol. The van der Waals surface area contributed by atoms with Gasteiger partial charge in [0.2, 0.25) is 5.91 Å². The molecule has 6 rings (SSSR count). The number of benzene rings is 1. The molecule has 0 spiro atoms. The van der Waals surface area contributed by atoms with E-state index in [4.69, 9.17) is 21.1 Å². The molecule has 2 aliphatic rings. The maximum atomic E-state index is 14.7. The van der Waals surface area contributed by atoms with Gasteiger partial charge in [-0.2, -0.15) is 9.78 Å². The summed E-state index contributed by atoms with van der Waals surface area (Å²) in [5.74, 6) is -1.32. The number of anilines is 2. The fraction of sp³-hybridized carbons (Fsp3) is 0.333. The van der Waals surface area contributed by atoms with Crippen molar-refractivity contribution < 1.29 is 23.5 Å². The third-order valence-corrected chi connectivity index (χ3v) is 8.70. The van der Waals surface area contributed by atoms with Gasteiger partial charge < -0.3 is 29.2 Å². The number of amides is 1. The Morgan fingerprint density at radius 3 is 2.43 bits per heavy atom. The zero-order valence-corrected chi connectivity index (χ0v) is 25.3. The van der Waals surface area contributed by atoms with Crippen molar-refractivity contribution >= 4 is 46.3 Å². The van der Waals surface area contributed by atoms with E-state index in [0.29, 0.717) is 63.5 Å². The lowest BCUT2D eigenvalue weighted by Gasteiger charge is -2.30. The second-order valence-electron chi connectivity index (χ2n) is 10.3. The van der Waals surface area contributed by atoms with Crippen LogP contribution in [-0.2, 0) is 27.4 Å². The summed E-state index contributed by atoms with van der Waals surface area (Å²) in [5.41, 5.74) is 0.513. The van der Waals surface area contributed by atoms with E-state index in [2.05, 4.69) is 15.3 Å². The zero-order valence-electron chi connectivity index (χ0n) is 23.7. The van der Waals surface area contributed by atoms with Gasteiger partial charge in [-0.25, -0.2) is 4.39 Å². The summed E-state index contributed by atoms with van der Waals surface area (Å²) in [4.78, 5) is 45.3. The van der Waals surface area contributed by atoms with Crippen LogP contribution in [0.2, 0.25) is 4.34 Å². The van der Waals surface area contributed by atoms with Crippen LogP contribution in [0.15, 0.2) is 59.5 Å². The van der Waals surface area contributed by atoms with Crippen LogP contribution in [0, 0.1) is 5.82 Å². The topological polar surface area (TPSA) is 111 Å². The SMILES string of the molecule is O=C(Cn1cc(N2CCOCC2)cc(-c2cc(NCc3ccc(Cl)s3)n(C(=O)c3ccccc3F)n2)c1=O)N1CCOCC1. The Labute approximate surface area is 261 Å². The minimum absolute atomic E-state index is 0.164. The molecule has 0 unspecified atom stereocenters. The first kappa shape index (κ1) is 30.0. The standard InChI is InChI=1S/C30H30ClFN6O5S/c31-26-6-5-21(44-26)17-33-27-16-25(34-38(27)30(41)22-3-1-2-4-24(22)32)23-15-20(35-7-11-42-12-8-35)18-37(29(23)40)19-28(39)36-9-13-43-14-10-36/h1-6,15-16,18,33H,7-14,17,19H2. The molecule has 0 saturated carbocycles. The van der Waals surface area contributed by atoms with E-state index >= 15 is 0 Å². The van der Waals surface area contributed by atoms with E-state index in [9.17, 15) is 18.8 Å². The first-order valence-electron chi connectivity index (χ1n) is 14.2. The molecule has 0 atom stereocenters. The van der Waals surface area contributed by atoms with Gasteiger partial charge in [0, 0.05) is 43.3 Å². The van der Waals surface area contributed by atoms with Crippen molar-refractivity contribution in [3.05, 3.63) is 85.7 Å². The average Bonchev–Trinajstić information content (AvgIpc) is 3.67. The molecule has 4 aromatic rings. The molecule has 2 saturated heterocycles. The molecule has 44 heavy (non-hydrogen) atoms. The van der Waals surface area contributed by atoms with Crippen LogP contribution in [0.5, 0.6) is 0 Å². The molecule has 5 heterocycles. The summed E-state index contributed by atoms with van der Waals surface area (Å²) in [6.45, 7) is 4.20.